The van der Waals surface area contributed by atoms with Gasteiger partial charge in [0.1, 0.15) is 17.7 Å². The van der Waals surface area contributed by atoms with Crippen molar-refractivity contribution >= 4 is 33.0 Å². The third-order valence-electron chi connectivity index (χ3n) is 4.48. The monoisotopic (exact) mass is 372 g/mol. The molecule has 7 heteroatoms. The molecular weight excluding hydrogens is 358 g/mol. The lowest BCUT2D eigenvalue weighted by Crippen LogP contribution is -2.23. The van der Waals surface area contributed by atoms with Crippen LogP contribution in [0.15, 0.2) is 48.7 Å². The molecule has 1 saturated heterocycles. The first-order valence-corrected chi connectivity index (χ1v) is 8.77. The van der Waals surface area contributed by atoms with Crippen LogP contribution in [-0.2, 0) is 11.3 Å². The first-order valence-electron chi connectivity index (χ1n) is 7.95. The van der Waals surface area contributed by atoms with E-state index in [9.17, 15) is 18.4 Å². The highest BCUT2D eigenvalue weighted by molar-refractivity contribution is 8.26. The van der Waals surface area contributed by atoms with Crippen molar-refractivity contribution < 1.29 is 18.4 Å². The summed E-state index contributed by atoms with van der Waals surface area (Å²) in [4.78, 5) is 25.6. The number of nitrogens with zero attached hydrogens (tertiary/aromatic N) is 2. The zero-order valence-electron chi connectivity index (χ0n) is 13.8. The molecule has 1 atom stereocenters. The van der Waals surface area contributed by atoms with Crippen molar-refractivity contribution in [2.45, 2.75) is 12.6 Å². The number of fused-ring (bicyclic) bond motifs is 1. The average molecular weight is 372 g/mol. The molecule has 1 aliphatic rings. The maximum Gasteiger partial charge on any atom is 0.289 e. The van der Waals surface area contributed by atoms with Crippen molar-refractivity contribution in [2.75, 3.05) is 7.05 Å². The van der Waals surface area contributed by atoms with Crippen LogP contribution >= 0.6 is 11.8 Å². The van der Waals surface area contributed by atoms with E-state index in [4.69, 9.17) is 0 Å². The third kappa shape index (κ3) is 2.78. The average Bonchev–Trinajstić information content (AvgIpc) is 3.04. The van der Waals surface area contributed by atoms with Crippen LogP contribution in [0.3, 0.4) is 0 Å². The van der Waals surface area contributed by atoms with E-state index in [1.54, 1.807) is 13.2 Å². The van der Waals surface area contributed by atoms with E-state index in [0.29, 0.717) is 22.9 Å². The number of amides is 1. The summed E-state index contributed by atoms with van der Waals surface area (Å²) in [5, 5.41) is 0.325. The van der Waals surface area contributed by atoms with E-state index in [1.165, 1.54) is 17.0 Å². The van der Waals surface area contributed by atoms with Crippen molar-refractivity contribution in [1.82, 2.24) is 9.47 Å². The molecule has 1 fully saturated rings. The van der Waals surface area contributed by atoms with Crippen molar-refractivity contribution in [3.8, 4) is 0 Å². The van der Waals surface area contributed by atoms with Gasteiger partial charge in [-0.1, -0.05) is 18.2 Å². The molecule has 0 aliphatic carbocycles. The largest absolute Gasteiger partial charge is 0.343 e. The lowest BCUT2D eigenvalue weighted by Gasteiger charge is -2.16. The number of likely N-dealkylation sites (N-methyl/N-ethyl adjacent to an activating group) is 1. The minimum Gasteiger partial charge on any atom is -0.343 e. The van der Waals surface area contributed by atoms with Crippen LogP contribution in [0.2, 0.25) is 0 Å². The van der Waals surface area contributed by atoms with Crippen molar-refractivity contribution in [2.24, 2.45) is 0 Å². The Morgan fingerprint density at radius 2 is 1.77 bits per heavy atom. The Morgan fingerprint density at radius 3 is 2.42 bits per heavy atom. The van der Waals surface area contributed by atoms with Gasteiger partial charge in [-0.05, 0) is 23.8 Å². The lowest BCUT2D eigenvalue weighted by atomic mass is 10.1. The summed E-state index contributed by atoms with van der Waals surface area (Å²) in [6.07, 6.45) is 1.78. The predicted molar refractivity (Wildman–Crippen MR) is 95.9 cm³/mol. The molecule has 26 heavy (non-hydrogen) atoms. The van der Waals surface area contributed by atoms with E-state index >= 15 is 0 Å². The summed E-state index contributed by atoms with van der Waals surface area (Å²) in [5.74, 6) is -1.27. The van der Waals surface area contributed by atoms with Gasteiger partial charge in [0.2, 0.25) is 5.12 Å². The van der Waals surface area contributed by atoms with Crippen LogP contribution in [-0.4, -0.2) is 26.9 Å². The van der Waals surface area contributed by atoms with Gasteiger partial charge in [-0.2, -0.15) is 0 Å². The molecule has 1 aliphatic heterocycles. The molecule has 1 amide bonds. The van der Waals surface area contributed by atoms with Crippen LogP contribution in [0.4, 0.5) is 13.6 Å². The maximum absolute atomic E-state index is 13.5. The fourth-order valence-electron chi connectivity index (χ4n) is 3.34. The van der Waals surface area contributed by atoms with Crippen LogP contribution < -0.4 is 0 Å². The van der Waals surface area contributed by atoms with Crippen LogP contribution in [0.25, 0.3) is 10.9 Å². The Labute approximate surface area is 152 Å². The molecule has 4 nitrogen and oxygen atoms in total. The Bertz CT molecular complexity index is 1030. The SMILES string of the molecule is CN1C(=O)SC(=O)C1c1cn(Cc2cc(F)cc(F)c2)c2ccccc12. The van der Waals surface area contributed by atoms with Gasteiger partial charge in [-0.15, -0.1) is 0 Å². The van der Waals surface area contributed by atoms with Gasteiger partial charge < -0.3 is 9.47 Å². The highest BCUT2D eigenvalue weighted by atomic mass is 32.2. The Kier molecular flexibility index (Phi) is 4.03. The molecule has 0 spiro atoms. The number of carbonyl (C=O) groups is 2. The first kappa shape index (κ1) is 16.8. The van der Waals surface area contributed by atoms with Gasteiger partial charge in [-0.3, -0.25) is 9.59 Å². The van der Waals surface area contributed by atoms with Gasteiger partial charge in [0, 0.05) is 54.1 Å². The van der Waals surface area contributed by atoms with E-state index in [-0.39, 0.29) is 16.9 Å². The van der Waals surface area contributed by atoms with Crippen LogP contribution in [0.5, 0.6) is 0 Å². The highest BCUT2D eigenvalue weighted by Gasteiger charge is 2.39. The molecule has 0 radical (unpaired) electrons. The Balaban J connectivity index is 1.82. The molecule has 4 rings (SSSR count). The van der Waals surface area contributed by atoms with Crippen molar-refractivity contribution in [1.29, 1.82) is 0 Å². The minimum atomic E-state index is -0.664. The van der Waals surface area contributed by atoms with E-state index in [0.717, 1.165) is 17.0 Å². The lowest BCUT2D eigenvalue weighted by molar-refractivity contribution is -0.113. The summed E-state index contributed by atoms with van der Waals surface area (Å²) in [5.41, 5.74) is 2.02. The number of para-hydroxylation sites is 1. The topological polar surface area (TPSA) is 42.3 Å². The molecule has 2 heterocycles. The number of rotatable bonds is 3. The summed E-state index contributed by atoms with van der Waals surface area (Å²) in [6.45, 7) is 0.251. The standard InChI is InChI=1S/C19H14F2N2O2S/c1-22-17(18(24)26-19(22)25)15-10-23(16-5-3-2-4-14(15)16)9-11-6-12(20)8-13(21)7-11/h2-8,10,17H,9H2,1H3. The maximum atomic E-state index is 13.5. The second-order valence-electron chi connectivity index (χ2n) is 6.21. The third-order valence-corrected chi connectivity index (χ3v) is 5.36. The van der Waals surface area contributed by atoms with E-state index in [1.807, 2.05) is 28.8 Å². The zero-order chi connectivity index (χ0) is 18.4. The first-order chi connectivity index (χ1) is 12.4. The number of hydrogen-bond donors (Lipinski definition) is 0. The molecule has 0 N–H and O–H groups in total. The number of carbonyl (C=O) groups excluding carboxylic acids is 2. The molecule has 0 saturated carbocycles. The number of thioether (sulfide) groups is 1. The quantitative estimate of drug-likeness (QED) is 0.687. The minimum absolute atomic E-state index is 0.225. The second-order valence-corrected chi connectivity index (χ2v) is 7.16. The molecule has 132 valence electrons. The highest BCUT2D eigenvalue weighted by Crippen LogP contribution is 2.39. The van der Waals surface area contributed by atoms with Gasteiger partial charge in [0.15, 0.2) is 0 Å². The van der Waals surface area contributed by atoms with Crippen molar-refractivity contribution in [3.05, 3.63) is 71.4 Å². The second kappa shape index (κ2) is 6.25. The fraction of sp³-hybridized carbons (Fsp3) is 0.158. The molecule has 3 aromatic rings. The number of halogens is 2. The Morgan fingerprint density at radius 1 is 1.08 bits per heavy atom. The molecular formula is C19H14F2N2O2S. The van der Waals surface area contributed by atoms with E-state index < -0.39 is 17.7 Å². The molecule has 0 bridgehead atoms. The summed E-state index contributed by atoms with van der Waals surface area (Å²) < 4.78 is 28.8. The fourth-order valence-corrected chi connectivity index (χ4v) is 4.15. The summed E-state index contributed by atoms with van der Waals surface area (Å²) in [7, 11) is 1.60. The van der Waals surface area contributed by atoms with Gasteiger partial charge in [-0.25, -0.2) is 8.78 Å². The number of hydrogen-bond acceptors (Lipinski definition) is 3. The smallest absolute Gasteiger partial charge is 0.289 e. The normalized spacial score (nSPS) is 17.5. The van der Waals surface area contributed by atoms with Crippen molar-refractivity contribution in [3.63, 3.8) is 0 Å². The van der Waals surface area contributed by atoms with Crippen LogP contribution in [0.1, 0.15) is 17.2 Å². The molecule has 1 aromatic heterocycles. The van der Waals surface area contributed by atoms with Gasteiger partial charge in [0.25, 0.3) is 5.24 Å². The predicted octanol–water partition coefficient (Wildman–Crippen LogP) is 4.33. The van der Waals surface area contributed by atoms with E-state index in [2.05, 4.69) is 0 Å². The zero-order valence-corrected chi connectivity index (χ0v) is 14.6. The molecule has 2 aromatic carbocycles. The van der Waals surface area contributed by atoms with Gasteiger partial charge >= 0.3 is 0 Å². The summed E-state index contributed by atoms with van der Waals surface area (Å²) >= 11 is 0.697. The number of aromatic nitrogens is 1. The summed E-state index contributed by atoms with van der Waals surface area (Å²) in [6, 6.07) is 10.2. The van der Waals surface area contributed by atoms with Crippen LogP contribution in [0, 0.1) is 11.6 Å². The Hall–Kier alpha value is -2.67. The molecule has 1 unspecified atom stereocenters. The number of benzene rings is 2. The van der Waals surface area contributed by atoms with Gasteiger partial charge in [0.05, 0.1) is 0 Å².